The number of allylic oxidation sites excluding steroid dienone is 1. The maximum Gasteiger partial charge on any atom is 0.274 e. The van der Waals surface area contributed by atoms with Crippen molar-refractivity contribution in [2.24, 2.45) is 0 Å². The number of anilines is 1. The summed E-state index contributed by atoms with van der Waals surface area (Å²) in [7, 11) is 6.35. The maximum atomic E-state index is 14.0. The molecule has 0 saturated carbocycles. The Labute approximate surface area is 262 Å². The van der Waals surface area contributed by atoms with Gasteiger partial charge in [0.05, 0.1) is 6.54 Å². The molecule has 2 amide bonds. The zero-order valence-corrected chi connectivity index (χ0v) is 25.6. The molecule has 2 atom stereocenters. The molecule has 4 rings (SSSR count). The number of halogens is 2. The highest BCUT2D eigenvalue weighted by molar-refractivity contribution is 5.94. The smallest absolute Gasteiger partial charge is 0.274 e. The number of rotatable bonds is 14. The molecule has 3 heterocycles. The number of nitrogens with zero attached hydrogens (tertiary/aromatic N) is 6. The SMILES string of the molecule is CN(C)C(=O)/C=C/CC[C@H](OC(O)N(C)C)C(=O)Nc1cccn(Cc2nc3ncnc(OCc4ccc(F)cc4F)c3[nH]2)c1=O. The van der Waals surface area contributed by atoms with Crippen LogP contribution in [0.3, 0.4) is 0 Å². The van der Waals surface area contributed by atoms with Crippen LogP contribution in [0.4, 0.5) is 14.5 Å². The van der Waals surface area contributed by atoms with Crippen LogP contribution in [-0.2, 0) is 27.5 Å². The first-order valence-corrected chi connectivity index (χ1v) is 14.1. The van der Waals surface area contributed by atoms with Crippen LogP contribution >= 0.6 is 0 Å². The lowest BCUT2D eigenvalue weighted by atomic mass is 10.1. The topological polar surface area (TPSA) is 168 Å². The van der Waals surface area contributed by atoms with Crippen LogP contribution in [-0.4, -0.2) is 91.9 Å². The lowest BCUT2D eigenvalue weighted by Crippen LogP contribution is -2.40. The molecule has 0 aliphatic carbocycles. The minimum absolute atomic E-state index is 0.0416. The Bertz CT molecular complexity index is 1770. The largest absolute Gasteiger partial charge is 0.471 e. The Balaban J connectivity index is 1.47. The predicted molar refractivity (Wildman–Crippen MR) is 162 cm³/mol. The number of amides is 2. The van der Waals surface area contributed by atoms with Gasteiger partial charge in [-0.2, -0.15) is 4.98 Å². The van der Waals surface area contributed by atoms with Gasteiger partial charge in [0, 0.05) is 31.9 Å². The molecule has 1 unspecified atom stereocenters. The molecule has 0 aliphatic heterocycles. The van der Waals surface area contributed by atoms with Crippen molar-refractivity contribution in [3.8, 4) is 5.88 Å². The van der Waals surface area contributed by atoms with Gasteiger partial charge in [0.2, 0.25) is 18.2 Å². The average molecular weight is 641 g/mol. The number of nitrogens with one attached hydrogen (secondary N) is 2. The van der Waals surface area contributed by atoms with Crippen molar-refractivity contribution in [2.75, 3.05) is 33.5 Å². The van der Waals surface area contributed by atoms with Crippen molar-refractivity contribution in [3.05, 3.63) is 88.4 Å². The molecule has 0 radical (unpaired) electrons. The molecule has 0 saturated heterocycles. The zero-order valence-electron chi connectivity index (χ0n) is 25.6. The molecule has 244 valence electrons. The number of carbonyl (C=O) groups is 2. The van der Waals surface area contributed by atoms with Gasteiger partial charge >= 0.3 is 0 Å². The lowest BCUT2D eigenvalue weighted by molar-refractivity contribution is -0.204. The number of likely N-dealkylation sites (N-methyl/N-ethyl adjacent to an activating group) is 1. The van der Waals surface area contributed by atoms with Gasteiger partial charge < -0.3 is 34.3 Å². The molecule has 14 nitrogen and oxygen atoms in total. The molecule has 0 aliphatic rings. The Kier molecular flexibility index (Phi) is 11.2. The standard InChI is InChI=1S/C30H34F2N8O6/c1-38(2)24(41)10-6-5-9-22(46-30(44)39(3)4)27(42)35-21-8-7-13-40(29(21)43)15-23-36-25-26(37-23)33-17-34-28(25)45-16-18-11-12-19(31)14-20(18)32/h6-8,10-14,17,22,30,44H,5,9,15-16H2,1-4H3,(H,35,42)(H,33,34,36,37)/b10-6+/t22-,30?/m0/s1. The van der Waals surface area contributed by atoms with E-state index in [4.69, 9.17) is 9.47 Å². The van der Waals surface area contributed by atoms with E-state index in [9.17, 15) is 28.3 Å². The minimum atomic E-state index is -1.39. The number of aromatic nitrogens is 5. The molecule has 1 aromatic carbocycles. The summed E-state index contributed by atoms with van der Waals surface area (Å²) in [6.07, 6.45) is 3.55. The summed E-state index contributed by atoms with van der Waals surface area (Å²) in [5, 5.41) is 12.8. The highest BCUT2D eigenvalue weighted by atomic mass is 19.1. The minimum Gasteiger partial charge on any atom is -0.471 e. The summed E-state index contributed by atoms with van der Waals surface area (Å²) in [5.74, 6) is -1.97. The summed E-state index contributed by atoms with van der Waals surface area (Å²) >= 11 is 0. The van der Waals surface area contributed by atoms with Gasteiger partial charge in [-0.1, -0.05) is 6.08 Å². The van der Waals surface area contributed by atoms with E-state index in [1.807, 2.05) is 0 Å². The molecule has 0 bridgehead atoms. The van der Waals surface area contributed by atoms with E-state index < -0.39 is 35.6 Å². The summed E-state index contributed by atoms with van der Waals surface area (Å²) < 4.78 is 39.7. The summed E-state index contributed by atoms with van der Waals surface area (Å²) in [4.78, 5) is 56.6. The van der Waals surface area contributed by atoms with Crippen LogP contribution in [0.1, 0.15) is 24.2 Å². The van der Waals surface area contributed by atoms with Crippen molar-refractivity contribution in [1.29, 1.82) is 0 Å². The number of aromatic amines is 1. The monoisotopic (exact) mass is 640 g/mol. The van der Waals surface area contributed by atoms with Crippen LogP contribution in [0.2, 0.25) is 0 Å². The maximum absolute atomic E-state index is 14.0. The van der Waals surface area contributed by atoms with Crippen LogP contribution in [0.5, 0.6) is 5.88 Å². The van der Waals surface area contributed by atoms with Gasteiger partial charge in [-0.05, 0) is 57.3 Å². The normalized spacial score (nSPS) is 12.9. The number of fused-ring (bicyclic) bond motifs is 1. The quantitative estimate of drug-likeness (QED) is 0.137. The Morgan fingerprint density at radius 1 is 1.17 bits per heavy atom. The number of hydrogen-bond acceptors (Lipinski definition) is 10. The third kappa shape index (κ3) is 8.77. The van der Waals surface area contributed by atoms with Gasteiger partial charge in [0.1, 0.15) is 47.7 Å². The fraction of sp³-hybridized carbons (Fsp3) is 0.333. The third-order valence-corrected chi connectivity index (χ3v) is 6.60. The van der Waals surface area contributed by atoms with Gasteiger partial charge in [-0.15, -0.1) is 0 Å². The van der Waals surface area contributed by atoms with Crippen molar-refractivity contribution in [1.82, 2.24) is 34.3 Å². The van der Waals surface area contributed by atoms with Gasteiger partial charge in [-0.3, -0.25) is 19.3 Å². The fourth-order valence-electron chi connectivity index (χ4n) is 4.07. The molecule has 3 aromatic heterocycles. The van der Waals surface area contributed by atoms with Crippen molar-refractivity contribution < 1.29 is 33.0 Å². The number of ether oxygens (including phenoxy) is 2. The number of H-pyrrole nitrogens is 1. The Morgan fingerprint density at radius 2 is 1.96 bits per heavy atom. The third-order valence-electron chi connectivity index (χ3n) is 6.60. The van der Waals surface area contributed by atoms with Crippen LogP contribution in [0.15, 0.2) is 59.8 Å². The van der Waals surface area contributed by atoms with E-state index in [1.165, 1.54) is 45.1 Å². The molecule has 3 N–H and O–H groups in total. The van der Waals surface area contributed by atoms with E-state index in [1.54, 1.807) is 40.3 Å². The van der Waals surface area contributed by atoms with Gasteiger partial charge in [0.25, 0.3) is 11.5 Å². The molecular formula is C30H34F2N8O6. The highest BCUT2D eigenvalue weighted by Gasteiger charge is 2.24. The second-order valence-corrected chi connectivity index (χ2v) is 10.6. The zero-order chi connectivity index (χ0) is 33.4. The number of aliphatic hydroxyl groups excluding tert-OH is 1. The molecular weight excluding hydrogens is 606 g/mol. The van der Waals surface area contributed by atoms with Crippen molar-refractivity contribution in [3.63, 3.8) is 0 Å². The molecule has 16 heteroatoms. The van der Waals surface area contributed by atoms with Gasteiger partial charge in [0.15, 0.2) is 5.65 Å². The fourth-order valence-corrected chi connectivity index (χ4v) is 4.07. The number of aliphatic hydroxyl groups is 1. The second kappa shape index (κ2) is 15.3. The van der Waals surface area contributed by atoms with E-state index >= 15 is 0 Å². The first kappa shape index (κ1) is 33.8. The Morgan fingerprint density at radius 3 is 2.67 bits per heavy atom. The number of benzene rings is 1. The number of pyridine rings is 1. The van der Waals surface area contributed by atoms with Crippen molar-refractivity contribution in [2.45, 2.75) is 38.5 Å². The molecule has 0 fully saturated rings. The number of carbonyl (C=O) groups excluding carboxylic acids is 2. The molecule has 0 spiro atoms. The second-order valence-electron chi connectivity index (χ2n) is 10.6. The molecule has 4 aromatic rings. The summed E-state index contributed by atoms with van der Waals surface area (Å²) in [5.41, 5.74) is 0.0725. The Hall–Kier alpha value is -5.06. The van der Waals surface area contributed by atoms with E-state index in [-0.39, 0.29) is 54.7 Å². The summed E-state index contributed by atoms with van der Waals surface area (Å²) in [6.45, 7) is -0.274. The van der Waals surface area contributed by atoms with Crippen LogP contribution in [0, 0.1) is 11.6 Å². The van der Waals surface area contributed by atoms with E-state index in [2.05, 4.69) is 25.3 Å². The predicted octanol–water partition coefficient (Wildman–Crippen LogP) is 2.01. The molecule has 46 heavy (non-hydrogen) atoms. The lowest BCUT2D eigenvalue weighted by Gasteiger charge is -2.24. The first-order chi connectivity index (χ1) is 21.9. The van der Waals surface area contributed by atoms with Crippen LogP contribution in [0.25, 0.3) is 11.2 Å². The average Bonchev–Trinajstić information content (AvgIpc) is 3.43. The van der Waals surface area contributed by atoms with Crippen LogP contribution < -0.4 is 15.6 Å². The van der Waals surface area contributed by atoms with Gasteiger partial charge in [-0.25, -0.2) is 18.7 Å². The number of imidazole rings is 1. The first-order valence-electron chi connectivity index (χ1n) is 14.1. The van der Waals surface area contributed by atoms with Crippen molar-refractivity contribution >= 4 is 28.7 Å². The van der Waals surface area contributed by atoms with E-state index in [0.717, 1.165) is 12.1 Å². The number of hydrogen-bond donors (Lipinski definition) is 3. The van der Waals surface area contributed by atoms with E-state index in [0.29, 0.717) is 11.3 Å². The highest BCUT2D eigenvalue weighted by Crippen LogP contribution is 2.21. The summed E-state index contributed by atoms with van der Waals surface area (Å²) in [6, 6.07) is 6.13.